The van der Waals surface area contributed by atoms with Crippen LogP contribution in [0.2, 0.25) is 0 Å². The van der Waals surface area contributed by atoms with Gasteiger partial charge in [0.15, 0.2) is 0 Å². The van der Waals surface area contributed by atoms with Crippen molar-refractivity contribution in [2.45, 2.75) is 6.54 Å². The molecule has 2 aromatic rings. The maximum absolute atomic E-state index is 12.5. The number of non-ortho nitro benzene ring substituents is 1. The second kappa shape index (κ2) is 8.92. The van der Waals surface area contributed by atoms with Crippen molar-refractivity contribution in [2.24, 2.45) is 0 Å². The molecule has 0 atom stereocenters. The van der Waals surface area contributed by atoms with Crippen molar-refractivity contribution in [3.8, 4) is 0 Å². The highest BCUT2D eigenvalue weighted by molar-refractivity contribution is 9.11. The van der Waals surface area contributed by atoms with Gasteiger partial charge in [-0.15, -0.1) is 11.3 Å². The molecule has 144 valence electrons. The Morgan fingerprint density at radius 2 is 1.78 bits per heavy atom. The number of thiophene rings is 1. The Kier molecular flexibility index (Phi) is 6.59. The molecule has 1 aliphatic rings. The van der Waals surface area contributed by atoms with Crippen molar-refractivity contribution in [2.75, 3.05) is 44.7 Å². The number of amides is 1. The SMILES string of the molecule is CN(C(=O)CN1CCN(Cc2ccc(Br)s2)CC1)c1ccc([N+](=O)[O-])cc1. The fraction of sp³-hybridized carbons (Fsp3) is 0.389. The summed E-state index contributed by atoms with van der Waals surface area (Å²) in [5, 5.41) is 10.7. The van der Waals surface area contributed by atoms with Crippen molar-refractivity contribution < 1.29 is 9.72 Å². The van der Waals surface area contributed by atoms with Crippen molar-refractivity contribution in [3.63, 3.8) is 0 Å². The molecule has 1 fully saturated rings. The van der Waals surface area contributed by atoms with Crippen LogP contribution in [0.3, 0.4) is 0 Å². The van der Waals surface area contributed by atoms with E-state index in [0.29, 0.717) is 12.2 Å². The molecule has 27 heavy (non-hydrogen) atoms. The molecule has 1 aliphatic heterocycles. The molecule has 0 unspecified atom stereocenters. The molecule has 0 bridgehead atoms. The number of nitro groups is 1. The van der Waals surface area contributed by atoms with Crippen LogP contribution in [0.1, 0.15) is 4.88 Å². The number of halogens is 1. The summed E-state index contributed by atoms with van der Waals surface area (Å²) in [6, 6.07) is 10.3. The van der Waals surface area contributed by atoms with E-state index in [1.165, 1.54) is 17.0 Å². The molecule has 1 aromatic carbocycles. The summed E-state index contributed by atoms with van der Waals surface area (Å²) in [5.74, 6) is -0.0144. The molecular weight excluding hydrogens is 432 g/mol. The lowest BCUT2D eigenvalue weighted by atomic mass is 10.2. The lowest BCUT2D eigenvalue weighted by Crippen LogP contribution is -2.49. The van der Waals surface area contributed by atoms with Crippen LogP contribution in [-0.4, -0.2) is 60.4 Å². The highest BCUT2D eigenvalue weighted by Gasteiger charge is 2.21. The Bertz CT molecular complexity index is 803. The van der Waals surface area contributed by atoms with Crippen LogP contribution >= 0.6 is 27.3 Å². The summed E-state index contributed by atoms with van der Waals surface area (Å²) in [5.41, 5.74) is 0.681. The number of benzene rings is 1. The number of piperazine rings is 1. The monoisotopic (exact) mass is 452 g/mol. The number of hydrogen-bond donors (Lipinski definition) is 0. The number of nitrogens with zero attached hydrogens (tertiary/aromatic N) is 4. The molecule has 1 amide bonds. The van der Waals surface area contributed by atoms with Gasteiger partial charge in [-0.2, -0.15) is 0 Å². The second-order valence-electron chi connectivity index (χ2n) is 6.48. The van der Waals surface area contributed by atoms with E-state index in [4.69, 9.17) is 0 Å². The molecule has 9 heteroatoms. The second-order valence-corrected chi connectivity index (χ2v) is 9.03. The van der Waals surface area contributed by atoms with Gasteiger partial charge in [0.2, 0.25) is 5.91 Å². The van der Waals surface area contributed by atoms with Gasteiger partial charge in [-0.05, 0) is 40.2 Å². The summed E-state index contributed by atoms with van der Waals surface area (Å²) >= 11 is 5.25. The zero-order chi connectivity index (χ0) is 19.4. The number of anilines is 1. The van der Waals surface area contributed by atoms with Crippen LogP contribution in [0.25, 0.3) is 0 Å². The predicted octanol–water partition coefficient (Wildman–Crippen LogP) is 3.20. The number of hydrogen-bond acceptors (Lipinski definition) is 6. The van der Waals surface area contributed by atoms with Gasteiger partial charge < -0.3 is 4.90 Å². The van der Waals surface area contributed by atoms with Gasteiger partial charge in [0.05, 0.1) is 15.3 Å². The van der Waals surface area contributed by atoms with Crippen LogP contribution in [0, 0.1) is 10.1 Å². The molecule has 0 aliphatic carbocycles. The molecular formula is C18H21BrN4O3S. The number of carbonyl (C=O) groups excluding carboxylic acids is 1. The Morgan fingerprint density at radius 1 is 1.15 bits per heavy atom. The number of likely N-dealkylation sites (N-methyl/N-ethyl adjacent to an activating group) is 1. The van der Waals surface area contributed by atoms with Crippen molar-refractivity contribution >= 4 is 44.5 Å². The highest BCUT2D eigenvalue weighted by atomic mass is 79.9. The molecule has 3 rings (SSSR count). The zero-order valence-corrected chi connectivity index (χ0v) is 17.4. The fourth-order valence-electron chi connectivity index (χ4n) is 3.00. The van der Waals surface area contributed by atoms with Crippen molar-refractivity contribution in [1.82, 2.24) is 9.80 Å². The van der Waals surface area contributed by atoms with E-state index in [1.807, 2.05) is 0 Å². The van der Waals surface area contributed by atoms with E-state index < -0.39 is 4.92 Å². The van der Waals surface area contributed by atoms with Crippen LogP contribution < -0.4 is 4.90 Å². The highest BCUT2D eigenvalue weighted by Crippen LogP contribution is 2.24. The Balaban J connectivity index is 1.47. The maximum Gasteiger partial charge on any atom is 0.269 e. The minimum atomic E-state index is -0.444. The average molecular weight is 453 g/mol. The van der Waals surface area contributed by atoms with Gasteiger partial charge >= 0.3 is 0 Å². The van der Waals surface area contributed by atoms with Crippen LogP contribution in [0.5, 0.6) is 0 Å². The fourth-order valence-corrected chi connectivity index (χ4v) is 4.53. The minimum absolute atomic E-state index is 0.0144. The summed E-state index contributed by atoms with van der Waals surface area (Å²) < 4.78 is 1.15. The standard InChI is InChI=1S/C18H21BrN4O3S/c1-20(14-2-4-15(5-3-14)23(25)26)18(24)13-22-10-8-21(9-11-22)12-16-6-7-17(19)27-16/h2-7H,8-13H2,1H3. The van der Waals surface area contributed by atoms with Gasteiger partial charge in [-0.3, -0.25) is 24.7 Å². The summed E-state index contributed by atoms with van der Waals surface area (Å²) in [4.78, 5) is 30.3. The molecule has 7 nitrogen and oxygen atoms in total. The van der Waals surface area contributed by atoms with Crippen LogP contribution in [0.4, 0.5) is 11.4 Å². The molecule has 2 heterocycles. The van der Waals surface area contributed by atoms with Crippen LogP contribution in [-0.2, 0) is 11.3 Å². The minimum Gasteiger partial charge on any atom is -0.314 e. The van der Waals surface area contributed by atoms with Gasteiger partial charge in [-0.25, -0.2) is 0 Å². The largest absolute Gasteiger partial charge is 0.314 e. The third-order valence-electron chi connectivity index (χ3n) is 4.65. The van der Waals surface area contributed by atoms with Gasteiger partial charge in [0, 0.05) is 62.5 Å². The van der Waals surface area contributed by atoms with E-state index in [2.05, 4.69) is 37.9 Å². The summed E-state index contributed by atoms with van der Waals surface area (Å²) in [6.45, 7) is 4.87. The summed E-state index contributed by atoms with van der Waals surface area (Å²) in [6.07, 6.45) is 0. The molecule has 0 N–H and O–H groups in total. The van der Waals surface area contributed by atoms with Crippen molar-refractivity contribution in [1.29, 1.82) is 0 Å². The Hall–Kier alpha value is -1.81. The van der Waals surface area contributed by atoms with Crippen molar-refractivity contribution in [3.05, 3.63) is 55.2 Å². The smallest absolute Gasteiger partial charge is 0.269 e. The van der Waals surface area contributed by atoms with Gasteiger partial charge in [0.25, 0.3) is 5.69 Å². The average Bonchev–Trinajstić information content (AvgIpc) is 3.07. The molecule has 0 saturated carbocycles. The third-order valence-corrected chi connectivity index (χ3v) is 6.26. The molecule has 0 radical (unpaired) electrons. The van der Waals surface area contributed by atoms with E-state index in [9.17, 15) is 14.9 Å². The normalized spacial score (nSPS) is 15.6. The number of carbonyl (C=O) groups is 1. The van der Waals surface area contributed by atoms with Crippen LogP contribution in [0.15, 0.2) is 40.2 Å². The zero-order valence-electron chi connectivity index (χ0n) is 15.0. The topological polar surface area (TPSA) is 69.9 Å². The van der Waals surface area contributed by atoms with E-state index >= 15 is 0 Å². The first-order valence-electron chi connectivity index (χ1n) is 8.62. The molecule has 1 saturated heterocycles. The lowest BCUT2D eigenvalue weighted by molar-refractivity contribution is -0.384. The Labute approximate surface area is 170 Å². The number of nitro benzene ring substituents is 1. The quantitative estimate of drug-likeness (QED) is 0.497. The maximum atomic E-state index is 12.5. The number of rotatable bonds is 6. The third kappa shape index (κ3) is 5.35. The van der Waals surface area contributed by atoms with Gasteiger partial charge in [0.1, 0.15) is 0 Å². The Morgan fingerprint density at radius 3 is 2.33 bits per heavy atom. The molecule has 0 spiro atoms. The first-order valence-corrected chi connectivity index (χ1v) is 10.2. The van der Waals surface area contributed by atoms with E-state index in [1.54, 1.807) is 35.4 Å². The first-order chi connectivity index (χ1) is 12.9. The predicted molar refractivity (Wildman–Crippen MR) is 110 cm³/mol. The van der Waals surface area contributed by atoms with E-state index in [0.717, 1.165) is 36.5 Å². The lowest BCUT2D eigenvalue weighted by Gasteiger charge is -2.34. The first kappa shape index (κ1) is 19.9. The summed E-state index contributed by atoms with van der Waals surface area (Å²) in [7, 11) is 1.70. The molecule has 1 aromatic heterocycles. The van der Waals surface area contributed by atoms with Gasteiger partial charge in [-0.1, -0.05) is 0 Å². The van der Waals surface area contributed by atoms with E-state index in [-0.39, 0.29) is 11.6 Å².